The Hall–Kier alpha value is -1.73. The van der Waals surface area contributed by atoms with Crippen molar-refractivity contribution in [1.82, 2.24) is 10.2 Å². The van der Waals surface area contributed by atoms with Gasteiger partial charge in [-0.15, -0.1) is 0 Å². The number of aliphatic hydroxyl groups is 1. The summed E-state index contributed by atoms with van der Waals surface area (Å²) in [6.07, 6.45) is 9.19. The summed E-state index contributed by atoms with van der Waals surface area (Å²) in [4.78, 5) is 15.5. The van der Waals surface area contributed by atoms with Crippen molar-refractivity contribution < 1.29 is 5.11 Å². The van der Waals surface area contributed by atoms with Gasteiger partial charge in [0, 0.05) is 18.6 Å². The van der Waals surface area contributed by atoms with E-state index in [2.05, 4.69) is 37.3 Å². The second-order valence-electron chi connectivity index (χ2n) is 6.09. The standard InChI is InChI=1S/C14H20N6O/c15-14-18-12(17-9-2-3-9)11-13(19-14)20(7-16-11)10-4-1-8(5-10)6-21/h1,4,7-12,17,21H,2-3,5-6H2,(H2,15,18)/t8-,10+,11?,12?/m1/s1. The lowest BCUT2D eigenvalue weighted by atomic mass is 10.1. The molecule has 21 heavy (non-hydrogen) atoms. The summed E-state index contributed by atoms with van der Waals surface area (Å²) in [5, 5.41) is 12.7. The molecule has 4 N–H and O–H groups in total. The van der Waals surface area contributed by atoms with E-state index < -0.39 is 0 Å². The Kier molecular flexibility index (Phi) is 3.04. The van der Waals surface area contributed by atoms with Crippen LogP contribution >= 0.6 is 0 Å². The third-order valence-corrected chi connectivity index (χ3v) is 4.41. The van der Waals surface area contributed by atoms with Crippen LogP contribution in [-0.2, 0) is 0 Å². The molecule has 0 bridgehead atoms. The zero-order valence-electron chi connectivity index (χ0n) is 11.8. The predicted molar refractivity (Wildman–Crippen MR) is 81.2 cm³/mol. The monoisotopic (exact) mass is 288 g/mol. The smallest absolute Gasteiger partial charge is 0.218 e. The van der Waals surface area contributed by atoms with Gasteiger partial charge in [-0.3, -0.25) is 10.3 Å². The van der Waals surface area contributed by atoms with Crippen LogP contribution < -0.4 is 11.1 Å². The van der Waals surface area contributed by atoms with Gasteiger partial charge in [0.15, 0.2) is 0 Å². The van der Waals surface area contributed by atoms with Crippen LogP contribution in [0.4, 0.5) is 0 Å². The van der Waals surface area contributed by atoms with E-state index in [1.165, 1.54) is 12.8 Å². The van der Waals surface area contributed by atoms with Gasteiger partial charge in [0.1, 0.15) is 18.0 Å². The molecule has 112 valence electrons. The molecule has 2 heterocycles. The summed E-state index contributed by atoms with van der Waals surface area (Å²) in [6.45, 7) is 0.184. The molecule has 2 aliphatic carbocycles. The minimum Gasteiger partial charge on any atom is -0.396 e. The molecule has 4 atom stereocenters. The van der Waals surface area contributed by atoms with Gasteiger partial charge in [0.25, 0.3) is 0 Å². The zero-order chi connectivity index (χ0) is 14.4. The van der Waals surface area contributed by atoms with Crippen LogP contribution in [0.1, 0.15) is 19.3 Å². The molecule has 0 aromatic rings. The molecular weight excluding hydrogens is 268 g/mol. The van der Waals surface area contributed by atoms with Gasteiger partial charge < -0.3 is 15.7 Å². The van der Waals surface area contributed by atoms with Gasteiger partial charge in [-0.2, -0.15) is 4.99 Å². The van der Waals surface area contributed by atoms with E-state index in [1.54, 1.807) is 0 Å². The van der Waals surface area contributed by atoms with Crippen molar-refractivity contribution in [2.24, 2.45) is 26.6 Å². The van der Waals surface area contributed by atoms with Gasteiger partial charge in [-0.1, -0.05) is 12.2 Å². The van der Waals surface area contributed by atoms with Crippen molar-refractivity contribution in [3.63, 3.8) is 0 Å². The van der Waals surface area contributed by atoms with Crippen LogP contribution in [0.15, 0.2) is 27.1 Å². The average Bonchev–Trinajstić information content (AvgIpc) is 3.01. The van der Waals surface area contributed by atoms with Crippen molar-refractivity contribution in [3.8, 4) is 0 Å². The lowest BCUT2D eigenvalue weighted by molar-refractivity contribution is 0.243. The molecule has 1 saturated carbocycles. The molecule has 0 radical (unpaired) electrons. The van der Waals surface area contributed by atoms with Crippen molar-refractivity contribution in [2.75, 3.05) is 6.61 Å². The lowest BCUT2D eigenvalue weighted by Gasteiger charge is -2.29. The minimum atomic E-state index is -0.106. The number of nitrogens with one attached hydrogen (secondary N) is 1. The van der Waals surface area contributed by atoms with E-state index >= 15 is 0 Å². The molecule has 0 saturated heterocycles. The van der Waals surface area contributed by atoms with Crippen LogP contribution in [0.5, 0.6) is 0 Å². The summed E-state index contributed by atoms with van der Waals surface area (Å²) >= 11 is 0. The molecule has 0 spiro atoms. The fourth-order valence-corrected chi connectivity index (χ4v) is 3.10. The van der Waals surface area contributed by atoms with Crippen LogP contribution in [0.2, 0.25) is 0 Å². The number of fused-ring (bicyclic) bond motifs is 1. The fourth-order valence-electron chi connectivity index (χ4n) is 3.10. The summed E-state index contributed by atoms with van der Waals surface area (Å²) in [7, 11) is 0. The molecule has 2 unspecified atom stereocenters. The highest BCUT2D eigenvalue weighted by Crippen LogP contribution is 2.28. The third kappa shape index (κ3) is 2.36. The summed E-state index contributed by atoms with van der Waals surface area (Å²) in [5.41, 5.74) is 5.87. The van der Waals surface area contributed by atoms with E-state index in [0.717, 1.165) is 12.3 Å². The number of hydrogen-bond acceptors (Lipinski definition) is 7. The maximum Gasteiger partial charge on any atom is 0.218 e. The van der Waals surface area contributed by atoms with Crippen molar-refractivity contribution in [3.05, 3.63) is 12.2 Å². The maximum absolute atomic E-state index is 9.27. The zero-order valence-corrected chi connectivity index (χ0v) is 11.8. The highest BCUT2D eigenvalue weighted by molar-refractivity contribution is 6.08. The lowest BCUT2D eigenvalue weighted by Crippen LogP contribution is -2.50. The minimum absolute atomic E-state index is 0.0838. The van der Waals surface area contributed by atoms with E-state index in [9.17, 15) is 5.11 Å². The molecule has 0 aromatic heterocycles. The van der Waals surface area contributed by atoms with Gasteiger partial charge in [0.2, 0.25) is 5.96 Å². The number of hydrogen-bond donors (Lipinski definition) is 3. The van der Waals surface area contributed by atoms with Gasteiger partial charge in [-0.25, -0.2) is 4.99 Å². The number of aliphatic imine (C=N–C) groups is 3. The Morgan fingerprint density at radius 2 is 2.24 bits per heavy atom. The summed E-state index contributed by atoms with van der Waals surface area (Å²) < 4.78 is 0. The first-order chi connectivity index (χ1) is 10.2. The Labute approximate surface area is 123 Å². The Balaban J connectivity index is 1.53. The number of nitrogens with zero attached hydrogens (tertiary/aromatic N) is 4. The molecule has 1 fully saturated rings. The maximum atomic E-state index is 9.27. The Bertz CT molecular complexity index is 550. The van der Waals surface area contributed by atoms with Crippen LogP contribution in [-0.4, -0.2) is 59.0 Å². The number of rotatable bonds is 4. The first-order valence-corrected chi connectivity index (χ1v) is 7.53. The number of guanidine groups is 1. The predicted octanol–water partition coefficient (Wildman–Crippen LogP) is -0.559. The molecule has 4 rings (SSSR count). The second-order valence-corrected chi connectivity index (χ2v) is 6.09. The fraction of sp³-hybridized carbons (Fsp3) is 0.643. The quantitative estimate of drug-likeness (QED) is 0.604. The third-order valence-electron chi connectivity index (χ3n) is 4.41. The molecule has 2 aliphatic heterocycles. The SMILES string of the molecule is NC1=NC(NC2CC2)C2N=CN([C@H]3C=C[C@@H](CO)C3)C2=N1. The highest BCUT2D eigenvalue weighted by atomic mass is 16.3. The molecule has 7 nitrogen and oxygen atoms in total. The molecule has 0 aromatic carbocycles. The normalized spacial score (nSPS) is 37.7. The number of amidine groups is 1. The van der Waals surface area contributed by atoms with Crippen LogP contribution in [0.25, 0.3) is 0 Å². The molecule has 4 aliphatic rings. The second kappa shape index (κ2) is 4.92. The van der Waals surface area contributed by atoms with Crippen molar-refractivity contribution >= 4 is 18.1 Å². The van der Waals surface area contributed by atoms with Crippen molar-refractivity contribution in [1.29, 1.82) is 0 Å². The van der Waals surface area contributed by atoms with Gasteiger partial charge in [0.05, 0.1) is 12.4 Å². The molecule has 0 amide bonds. The number of nitrogens with two attached hydrogens (primary N) is 1. The Morgan fingerprint density at radius 1 is 1.38 bits per heavy atom. The average molecular weight is 288 g/mol. The van der Waals surface area contributed by atoms with Crippen LogP contribution in [0.3, 0.4) is 0 Å². The highest BCUT2D eigenvalue weighted by Gasteiger charge is 2.41. The number of aliphatic hydroxyl groups excluding tert-OH is 1. The molecular formula is C14H20N6O. The van der Waals surface area contributed by atoms with E-state index in [1.807, 2.05) is 6.34 Å². The van der Waals surface area contributed by atoms with Crippen LogP contribution in [0, 0.1) is 5.92 Å². The van der Waals surface area contributed by atoms with Gasteiger partial charge >= 0.3 is 0 Å². The van der Waals surface area contributed by atoms with E-state index in [4.69, 9.17) is 5.73 Å². The first-order valence-electron chi connectivity index (χ1n) is 7.53. The summed E-state index contributed by atoms with van der Waals surface area (Å²) in [6, 6.07) is 0.655. The van der Waals surface area contributed by atoms with E-state index in [0.29, 0.717) is 12.0 Å². The molecule has 7 heteroatoms. The Morgan fingerprint density at radius 3 is 2.95 bits per heavy atom. The largest absolute Gasteiger partial charge is 0.396 e. The van der Waals surface area contributed by atoms with E-state index in [-0.39, 0.29) is 30.8 Å². The summed E-state index contributed by atoms with van der Waals surface area (Å²) in [5.74, 6) is 1.41. The van der Waals surface area contributed by atoms with Gasteiger partial charge in [-0.05, 0) is 19.3 Å². The topological polar surface area (TPSA) is 98.6 Å². The first kappa shape index (κ1) is 13.0. The van der Waals surface area contributed by atoms with Crippen molar-refractivity contribution in [2.45, 2.75) is 43.6 Å².